The zero-order chi connectivity index (χ0) is 15.9. The maximum atomic E-state index is 12.9. The summed E-state index contributed by atoms with van der Waals surface area (Å²) in [5.41, 5.74) is 0.00626. The number of fused-ring (bicyclic) bond motifs is 1. The topological polar surface area (TPSA) is 75.4 Å². The van der Waals surface area contributed by atoms with Crippen molar-refractivity contribution in [3.8, 4) is 0 Å². The average molecular weight is 314 g/mol. The molecule has 0 bridgehead atoms. The molecule has 22 heavy (non-hydrogen) atoms. The van der Waals surface area contributed by atoms with Crippen LogP contribution in [0.5, 0.6) is 0 Å². The summed E-state index contributed by atoms with van der Waals surface area (Å²) < 4.78 is 39.3. The lowest BCUT2D eigenvalue weighted by atomic mass is 10.2. The predicted molar refractivity (Wildman–Crippen MR) is 70.2 cm³/mol. The molecule has 0 spiro atoms. The fourth-order valence-electron chi connectivity index (χ4n) is 2.59. The van der Waals surface area contributed by atoms with Crippen LogP contribution in [0.4, 0.5) is 19.0 Å². The Labute approximate surface area is 123 Å². The summed E-state index contributed by atoms with van der Waals surface area (Å²) in [4.78, 5) is 13.5. The monoisotopic (exact) mass is 314 g/mol. The van der Waals surface area contributed by atoms with Crippen LogP contribution in [0, 0.1) is 0 Å². The van der Waals surface area contributed by atoms with Gasteiger partial charge in [0, 0.05) is 13.6 Å². The number of alkyl halides is 3. The molecule has 2 aromatic heterocycles. The van der Waals surface area contributed by atoms with E-state index < -0.39 is 18.0 Å². The highest BCUT2D eigenvalue weighted by molar-refractivity contribution is 5.85. The Morgan fingerprint density at radius 1 is 1.36 bits per heavy atom. The zero-order valence-corrected chi connectivity index (χ0v) is 11.6. The predicted octanol–water partition coefficient (Wildman–Crippen LogP) is 0.858. The normalized spacial score (nSPS) is 18.9. The summed E-state index contributed by atoms with van der Waals surface area (Å²) in [7, 11) is 1.52. The lowest BCUT2D eigenvalue weighted by Gasteiger charge is -2.24. The Bertz CT molecular complexity index is 712. The van der Waals surface area contributed by atoms with Crippen molar-refractivity contribution in [3.05, 3.63) is 18.0 Å². The van der Waals surface area contributed by atoms with Gasteiger partial charge in [0.1, 0.15) is 11.9 Å². The van der Waals surface area contributed by atoms with E-state index in [2.05, 4.69) is 20.6 Å². The minimum Gasteiger partial charge on any atom is -0.357 e. The first kappa shape index (κ1) is 14.5. The second-order valence-corrected chi connectivity index (χ2v) is 4.95. The molecular weight excluding hydrogens is 301 g/mol. The van der Waals surface area contributed by atoms with Crippen LogP contribution in [0.25, 0.3) is 5.65 Å². The number of carbonyl (C=O) groups is 1. The second kappa shape index (κ2) is 5.11. The molecule has 1 fully saturated rings. The van der Waals surface area contributed by atoms with Crippen molar-refractivity contribution in [1.82, 2.24) is 25.1 Å². The van der Waals surface area contributed by atoms with E-state index >= 15 is 0 Å². The number of hydrogen-bond donors (Lipinski definition) is 1. The van der Waals surface area contributed by atoms with Gasteiger partial charge in [-0.2, -0.15) is 17.7 Å². The van der Waals surface area contributed by atoms with Gasteiger partial charge in [0.15, 0.2) is 5.65 Å². The lowest BCUT2D eigenvalue weighted by Crippen LogP contribution is -2.42. The van der Waals surface area contributed by atoms with E-state index in [1.54, 1.807) is 11.0 Å². The van der Waals surface area contributed by atoms with Gasteiger partial charge in [0.05, 0.1) is 0 Å². The van der Waals surface area contributed by atoms with Gasteiger partial charge in [-0.1, -0.05) is 0 Å². The smallest absolute Gasteiger partial charge is 0.357 e. The number of likely N-dealkylation sites (N-methyl/N-ethyl adjacent to an activating group) is 1. The fraction of sp³-hybridized carbons (Fsp3) is 0.500. The maximum absolute atomic E-state index is 12.9. The van der Waals surface area contributed by atoms with Crippen molar-refractivity contribution in [2.24, 2.45) is 0 Å². The number of nitrogens with zero attached hydrogens (tertiary/aromatic N) is 5. The molecule has 1 atom stereocenters. The molecule has 118 valence electrons. The standard InChI is InChI=1S/C12H13F3N6O/c1-16-10(22)7-3-2-6-20(7)9-5-4-8-17-18-11(12(13,14)15)21(8)19-9/h4-5,7H,2-3,6H2,1H3,(H,16,22)/t7-/m0/s1. The van der Waals surface area contributed by atoms with E-state index in [0.717, 1.165) is 6.42 Å². The van der Waals surface area contributed by atoms with Crippen LogP contribution >= 0.6 is 0 Å². The average Bonchev–Trinajstić information content (AvgIpc) is 3.11. The molecule has 0 saturated carbocycles. The van der Waals surface area contributed by atoms with E-state index in [0.29, 0.717) is 23.3 Å². The van der Waals surface area contributed by atoms with Crippen LogP contribution in [0.15, 0.2) is 12.1 Å². The molecule has 1 amide bonds. The number of nitrogens with one attached hydrogen (secondary N) is 1. The molecule has 3 rings (SSSR count). The molecule has 1 aliphatic heterocycles. The molecule has 0 aliphatic carbocycles. The second-order valence-electron chi connectivity index (χ2n) is 4.95. The van der Waals surface area contributed by atoms with Crippen LogP contribution in [0.1, 0.15) is 18.7 Å². The molecule has 0 unspecified atom stereocenters. The molecule has 1 aliphatic rings. The first-order valence-corrected chi connectivity index (χ1v) is 6.69. The number of amides is 1. The largest absolute Gasteiger partial charge is 0.453 e. The van der Waals surface area contributed by atoms with Crippen molar-refractivity contribution < 1.29 is 18.0 Å². The molecule has 10 heteroatoms. The Kier molecular flexibility index (Phi) is 3.38. The van der Waals surface area contributed by atoms with Gasteiger partial charge in [0.2, 0.25) is 5.91 Å². The third-order valence-corrected chi connectivity index (χ3v) is 3.60. The summed E-state index contributed by atoms with van der Waals surface area (Å²) in [5, 5.41) is 13.1. The molecule has 3 heterocycles. The highest BCUT2D eigenvalue weighted by Gasteiger charge is 2.38. The summed E-state index contributed by atoms with van der Waals surface area (Å²) >= 11 is 0. The van der Waals surface area contributed by atoms with Gasteiger partial charge < -0.3 is 10.2 Å². The summed E-state index contributed by atoms with van der Waals surface area (Å²) in [5.74, 6) is -1.07. The minimum atomic E-state index is -4.64. The van der Waals surface area contributed by atoms with Gasteiger partial charge in [-0.3, -0.25) is 4.79 Å². The Balaban J connectivity index is 2.03. The minimum absolute atomic E-state index is 0.00626. The van der Waals surface area contributed by atoms with Crippen molar-refractivity contribution in [2.45, 2.75) is 25.1 Å². The quantitative estimate of drug-likeness (QED) is 0.890. The van der Waals surface area contributed by atoms with Crippen molar-refractivity contribution in [2.75, 3.05) is 18.5 Å². The van der Waals surface area contributed by atoms with Gasteiger partial charge in [-0.25, -0.2) is 0 Å². The summed E-state index contributed by atoms with van der Waals surface area (Å²) in [6.07, 6.45) is -3.24. The van der Waals surface area contributed by atoms with Gasteiger partial charge in [-0.05, 0) is 25.0 Å². The lowest BCUT2D eigenvalue weighted by molar-refractivity contribution is -0.146. The van der Waals surface area contributed by atoms with Crippen molar-refractivity contribution in [3.63, 3.8) is 0 Å². The maximum Gasteiger partial charge on any atom is 0.453 e. The molecule has 7 nitrogen and oxygen atoms in total. The first-order chi connectivity index (χ1) is 10.4. The molecule has 1 saturated heterocycles. The zero-order valence-electron chi connectivity index (χ0n) is 11.6. The van der Waals surface area contributed by atoms with Gasteiger partial charge in [0.25, 0.3) is 5.82 Å². The van der Waals surface area contributed by atoms with E-state index in [-0.39, 0.29) is 11.6 Å². The summed E-state index contributed by atoms with van der Waals surface area (Å²) in [6.45, 7) is 0.556. The number of hydrogen-bond acceptors (Lipinski definition) is 5. The Morgan fingerprint density at radius 3 is 2.82 bits per heavy atom. The van der Waals surface area contributed by atoms with Crippen LogP contribution < -0.4 is 10.2 Å². The third-order valence-electron chi connectivity index (χ3n) is 3.60. The highest BCUT2D eigenvalue weighted by atomic mass is 19.4. The van der Waals surface area contributed by atoms with Crippen molar-refractivity contribution >= 4 is 17.4 Å². The molecule has 1 N–H and O–H groups in total. The Hall–Kier alpha value is -2.39. The van der Waals surface area contributed by atoms with Gasteiger partial charge >= 0.3 is 6.18 Å². The Morgan fingerprint density at radius 2 is 2.14 bits per heavy atom. The highest BCUT2D eigenvalue weighted by Crippen LogP contribution is 2.29. The number of rotatable bonds is 2. The van der Waals surface area contributed by atoms with Crippen LogP contribution in [0.2, 0.25) is 0 Å². The van der Waals surface area contributed by atoms with E-state index in [1.807, 2.05) is 0 Å². The third kappa shape index (κ3) is 2.34. The van der Waals surface area contributed by atoms with Crippen molar-refractivity contribution in [1.29, 1.82) is 0 Å². The number of carbonyl (C=O) groups excluding carboxylic acids is 1. The van der Waals surface area contributed by atoms with Gasteiger partial charge in [-0.15, -0.1) is 15.3 Å². The summed E-state index contributed by atoms with van der Waals surface area (Å²) in [6, 6.07) is 2.52. The van der Waals surface area contributed by atoms with Crippen LogP contribution in [-0.2, 0) is 11.0 Å². The molecular formula is C12H13F3N6O. The molecule has 2 aromatic rings. The number of anilines is 1. The van der Waals surface area contributed by atoms with E-state index in [4.69, 9.17) is 0 Å². The van der Waals surface area contributed by atoms with E-state index in [9.17, 15) is 18.0 Å². The van der Waals surface area contributed by atoms with Crippen LogP contribution in [0.3, 0.4) is 0 Å². The first-order valence-electron chi connectivity index (χ1n) is 6.69. The molecule has 0 aromatic carbocycles. The fourth-order valence-corrected chi connectivity index (χ4v) is 2.59. The number of aromatic nitrogens is 4. The van der Waals surface area contributed by atoms with Crippen LogP contribution in [-0.4, -0.2) is 45.4 Å². The SMILES string of the molecule is CNC(=O)[C@@H]1CCCN1c1ccc2nnc(C(F)(F)F)n2n1. The van der Waals surface area contributed by atoms with E-state index in [1.165, 1.54) is 13.1 Å². The number of halogens is 3. The molecule has 0 radical (unpaired) electrons.